The van der Waals surface area contributed by atoms with Crippen LogP contribution in [-0.2, 0) is 16.0 Å². The van der Waals surface area contributed by atoms with E-state index >= 15 is 0 Å². The summed E-state index contributed by atoms with van der Waals surface area (Å²) in [4.78, 5) is 25.6. The molecule has 4 nitrogen and oxygen atoms in total. The Kier molecular flexibility index (Phi) is 3.58. The van der Waals surface area contributed by atoms with E-state index in [2.05, 4.69) is 0 Å². The van der Waals surface area contributed by atoms with E-state index in [0.29, 0.717) is 24.0 Å². The first-order valence-corrected chi connectivity index (χ1v) is 7.92. The first-order chi connectivity index (χ1) is 10.8. The molecule has 0 radical (unpaired) electrons. The largest absolute Gasteiger partial charge is 0.497 e. The van der Waals surface area contributed by atoms with Crippen molar-refractivity contribution in [1.82, 2.24) is 0 Å². The molecule has 2 aliphatic rings. The topological polar surface area (TPSA) is 52.6 Å². The molecule has 0 amide bonds. The summed E-state index contributed by atoms with van der Waals surface area (Å²) in [5, 5.41) is 0. The van der Waals surface area contributed by atoms with Crippen LogP contribution in [-0.4, -0.2) is 24.5 Å². The molecule has 2 aliphatic carbocycles. The molecule has 1 aromatic carbocycles. The van der Waals surface area contributed by atoms with Crippen molar-refractivity contribution in [2.75, 3.05) is 7.11 Å². The number of carbonyl (C=O) groups is 2. The molecule has 1 atom stereocenters. The van der Waals surface area contributed by atoms with Gasteiger partial charge in [-0.05, 0) is 63.8 Å². The third kappa shape index (κ3) is 2.56. The van der Waals surface area contributed by atoms with Gasteiger partial charge in [-0.25, -0.2) is 4.79 Å². The van der Waals surface area contributed by atoms with Gasteiger partial charge in [-0.2, -0.15) is 0 Å². The Bertz CT molecular complexity index is 709. The van der Waals surface area contributed by atoms with E-state index in [0.717, 1.165) is 17.7 Å². The smallest absolute Gasteiger partial charge is 0.335 e. The lowest BCUT2D eigenvalue weighted by Crippen LogP contribution is -2.35. The second kappa shape index (κ2) is 5.22. The zero-order valence-corrected chi connectivity index (χ0v) is 14.1. The van der Waals surface area contributed by atoms with E-state index in [4.69, 9.17) is 9.47 Å². The Morgan fingerprint density at radius 1 is 1.26 bits per heavy atom. The molecule has 4 heteroatoms. The van der Waals surface area contributed by atoms with Gasteiger partial charge in [0.05, 0.1) is 12.5 Å². The molecular weight excluding hydrogens is 292 g/mol. The van der Waals surface area contributed by atoms with Crippen LogP contribution in [0.4, 0.5) is 0 Å². The minimum atomic E-state index is -0.753. The Morgan fingerprint density at radius 3 is 2.65 bits per heavy atom. The van der Waals surface area contributed by atoms with Crippen molar-refractivity contribution in [2.24, 2.45) is 5.41 Å². The molecule has 1 spiro atoms. The number of fused-ring (bicyclic) bond motifs is 1. The number of hydrogen-bond donors (Lipinski definition) is 0. The van der Waals surface area contributed by atoms with Crippen LogP contribution >= 0.6 is 0 Å². The van der Waals surface area contributed by atoms with Gasteiger partial charge in [0.15, 0.2) is 5.78 Å². The standard InChI is InChI=1S/C19H22O4/c1-18(2,3)23-17(21)15-6-5-9-19(15)11-12-10-13(22-4)7-8-14(12)16(19)20/h6-8,10H,5,9,11H2,1-4H3. The predicted molar refractivity (Wildman–Crippen MR) is 86.6 cm³/mol. The lowest BCUT2D eigenvalue weighted by molar-refractivity contribution is -0.150. The fraction of sp³-hybridized carbons (Fsp3) is 0.474. The molecule has 23 heavy (non-hydrogen) atoms. The minimum Gasteiger partial charge on any atom is -0.497 e. The summed E-state index contributed by atoms with van der Waals surface area (Å²) in [7, 11) is 1.61. The van der Waals surface area contributed by atoms with E-state index in [1.165, 1.54) is 0 Å². The number of ether oxygens (including phenoxy) is 2. The SMILES string of the molecule is COc1ccc2c(c1)CC1(CCC=C1C(=O)OC(C)(C)C)C2=O. The minimum absolute atomic E-state index is 0.0322. The van der Waals surface area contributed by atoms with Crippen LogP contribution in [0.5, 0.6) is 5.75 Å². The molecule has 1 aromatic rings. The van der Waals surface area contributed by atoms with E-state index in [-0.39, 0.29) is 11.8 Å². The number of hydrogen-bond acceptors (Lipinski definition) is 4. The molecular formula is C19H22O4. The third-order valence-corrected chi connectivity index (χ3v) is 4.54. The van der Waals surface area contributed by atoms with Gasteiger partial charge in [-0.3, -0.25) is 4.79 Å². The van der Waals surface area contributed by atoms with Crippen LogP contribution < -0.4 is 4.74 Å². The Morgan fingerprint density at radius 2 is 2.00 bits per heavy atom. The highest BCUT2D eigenvalue weighted by Gasteiger charge is 2.52. The maximum atomic E-state index is 13.0. The lowest BCUT2D eigenvalue weighted by atomic mass is 9.77. The van der Waals surface area contributed by atoms with Crippen molar-refractivity contribution in [1.29, 1.82) is 0 Å². The maximum Gasteiger partial charge on any atom is 0.335 e. The fourth-order valence-electron chi connectivity index (χ4n) is 3.55. The highest BCUT2D eigenvalue weighted by Crippen LogP contribution is 2.50. The van der Waals surface area contributed by atoms with Crippen LogP contribution in [0.1, 0.15) is 49.5 Å². The third-order valence-electron chi connectivity index (χ3n) is 4.54. The molecule has 0 N–H and O–H groups in total. The van der Waals surface area contributed by atoms with Gasteiger partial charge in [-0.1, -0.05) is 6.08 Å². The van der Waals surface area contributed by atoms with Crippen molar-refractivity contribution < 1.29 is 19.1 Å². The number of esters is 1. The molecule has 0 aliphatic heterocycles. The Hall–Kier alpha value is -2.10. The molecule has 122 valence electrons. The molecule has 0 bridgehead atoms. The van der Waals surface area contributed by atoms with E-state index < -0.39 is 11.0 Å². The summed E-state index contributed by atoms with van der Waals surface area (Å²) in [6, 6.07) is 5.49. The van der Waals surface area contributed by atoms with Crippen molar-refractivity contribution in [3.05, 3.63) is 41.0 Å². The molecule has 0 fully saturated rings. The van der Waals surface area contributed by atoms with Crippen LogP contribution in [0.3, 0.4) is 0 Å². The van der Waals surface area contributed by atoms with Gasteiger partial charge in [0, 0.05) is 11.1 Å². The van der Waals surface area contributed by atoms with E-state index in [9.17, 15) is 9.59 Å². The number of carbonyl (C=O) groups excluding carboxylic acids is 2. The molecule has 1 unspecified atom stereocenters. The average molecular weight is 314 g/mol. The summed E-state index contributed by atoms with van der Waals surface area (Å²) in [6.45, 7) is 5.51. The van der Waals surface area contributed by atoms with E-state index in [1.807, 2.05) is 32.9 Å². The van der Waals surface area contributed by atoms with Gasteiger partial charge < -0.3 is 9.47 Å². The summed E-state index contributed by atoms with van der Waals surface area (Å²) < 4.78 is 10.8. The van der Waals surface area contributed by atoms with Crippen molar-refractivity contribution >= 4 is 11.8 Å². The predicted octanol–water partition coefficient (Wildman–Crippen LogP) is 3.48. The van der Waals surface area contributed by atoms with Crippen molar-refractivity contribution in [3.63, 3.8) is 0 Å². The number of allylic oxidation sites excluding steroid dienone is 1. The number of rotatable bonds is 2. The number of methoxy groups -OCH3 is 1. The summed E-state index contributed by atoms with van der Waals surface area (Å²) in [5.41, 5.74) is 0.844. The van der Waals surface area contributed by atoms with Gasteiger partial charge in [-0.15, -0.1) is 0 Å². The highest BCUT2D eigenvalue weighted by atomic mass is 16.6. The average Bonchev–Trinajstić information content (AvgIpc) is 3.00. The Balaban J connectivity index is 1.95. The van der Waals surface area contributed by atoms with Crippen LogP contribution in [0.2, 0.25) is 0 Å². The van der Waals surface area contributed by atoms with Crippen molar-refractivity contribution in [2.45, 2.75) is 45.6 Å². The molecule has 0 aromatic heterocycles. The molecule has 3 rings (SSSR count). The number of benzene rings is 1. The highest BCUT2D eigenvalue weighted by molar-refractivity contribution is 6.12. The van der Waals surface area contributed by atoms with Gasteiger partial charge in [0.2, 0.25) is 0 Å². The van der Waals surface area contributed by atoms with Gasteiger partial charge in [0.25, 0.3) is 0 Å². The number of Topliss-reactive ketones (excluding diaryl/α,β-unsaturated/α-hetero) is 1. The molecule has 0 heterocycles. The summed E-state index contributed by atoms with van der Waals surface area (Å²) in [6.07, 6.45) is 3.81. The van der Waals surface area contributed by atoms with Crippen molar-refractivity contribution in [3.8, 4) is 5.75 Å². The second-order valence-corrected chi connectivity index (χ2v) is 7.27. The molecule has 0 saturated carbocycles. The van der Waals surface area contributed by atoms with Crippen LogP contribution in [0, 0.1) is 5.41 Å². The lowest BCUT2D eigenvalue weighted by Gasteiger charge is -2.27. The zero-order valence-electron chi connectivity index (χ0n) is 14.1. The van der Waals surface area contributed by atoms with Crippen LogP contribution in [0.15, 0.2) is 29.8 Å². The first kappa shape index (κ1) is 15.8. The normalized spacial score (nSPS) is 23.0. The first-order valence-electron chi connectivity index (χ1n) is 7.92. The summed E-state index contributed by atoms with van der Waals surface area (Å²) >= 11 is 0. The summed E-state index contributed by atoms with van der Waals surface area (Å²) in [5.74, 6) is 0.391. The van der Waals surface area contributed by atoms with E-state index in [1.54, 1.807) is 19.2 Å². The van der Waals surface area contributed by atoms with Gasteiger partial charge in [0.1, 0.15) is 11.4 Å². The second-order valence-electron chi connectivity index (χ2n) is 7.27. The van der Waals surface area contributed by atoms with Gasteiger partial charge >= 0.3 is 5.97 Å². The van der Waals surface area contributed by atoms with Crippen LogP contribution in [0.25, 0.3) is 0 Å². The number of ketones is 1. The monoisotopic (exact) mass is 314 g/mol. The Labute approximate surface area is 136 Å². The molecule has 0 saturated heterocycles. The fourth-order valence-corrected chi connectivity index (χ4v) is 3.55. The zero-order chi connectivity index (χ0) is 16.8. The quantitative estimate of drug-likeness (QED) is 0.784. The maximum absolute atomic E-state index is 13.0.